The smallest absolute Gasteiger partial charge is 0.303 e. The number of allylic oxidation sites excluding steroid dienone is 2. The maximum absolute atomic E-state index is 10.6. The number of carboxylic acids is 1. The van der Waals surface area contributed by atoms with Gasteiger partial charge in [0.1, 0.15) is 0 Å². The van der Waals surface area contributed by atoms with Gasteiger partial charge < -0.3 is 9.84 Å². The monoisotopic (exact) mass is 384 g/mol. The highest BCUT2D eigenvalue weighted by molar-refractivity contribution is 5.66. The van der Waals surface area contributed by atoms with Gasteiger partial charge in [0.2, 0.25) is 0 Å². The van der Waals surface area contributed by atoms with Gasteiger partial charge in [-0.05, 0) is 80.6 Å². The Hall–Kier alpha value is -1.61. The van der Waals surface area contributed by atoms with E-state index < -0.39 is 5.97 Å². The molecule has 0 aliphatic heterocycles. The number of fused-ring (bicyclic) bond motifs is 2. The van der Waals surface area contributed by atoms with Crippen LogP contribution in [-0.2, 0) is 16.1 Å². The van der Waals surface area contributed by atoms with Gasteiger partial charge >= 0.3 is 5.97 Å². The normalized spacial score (nSPS) is 26.3. The Morgan fingerprint density at radius 2 is 1.82 bits per heavy atom. The molecule has 3 rings (SSSR count). The van der Waals surface area contributed by atoms with E-state index >= 15 is 0 Å². The fourth-order valence-corrected chi connectivity index (χ4v) is 5.44. The van der Waals surface area contributed by atoms with E-state index in [2.05, 4.69) is 36.4 Å². The Balaban J connectivity index is 1.31. The zero-order chi connectivity index (χ0) is 19.6. The molecule has 154 valence electrons. The Morgan fingerprint density at radius 1 is 1.04 bits per heavy atom. The number of hydrogen-bond acceptors (Lipinski definition) is 2. The minimum absolute atomic E-state index is 0.285. The van der Waals surface area contributed by atoms with Gasteiger partial charge in [-0.1, -0.05) is 48.9 Å². The summed E-state index contributed by atoms with van der Waals surface area (Å²) in [5, 5.41) is 8.71. The van der Waals surface area contributed by atoms with Gasteiger partial charge in [-0.2, -0.15) is 0 Å². The first kappa shape index (κ1) is 21.1. The number of carboxylic acid groups (broad SMARTS) is 1. The third kappa shape index (κ3) is 6.48. The SMILES string of the molecule is O=C(O)CCC/C=C\C[C@H]1[C@H]2CC[C@H](C2)[C@H]1CCCCOCc1ccccc1. The molecule has 2 saturated carbocycles. The number of unbranched alkanes of at least 4 members (excludes halogenated alkanes) is 2. The minimum atomic E-state index is -0.686. The second kappa shape index (κ2) is 11.4. The Labute approximate surface area is 170 Å². The van der Waals surface area contributed by atoms with Crippen molar-refractivity contribution in [2.45, 2.75) is 70.8 Å². The van der Waals surface area contributed by atoms with Crippen LogP contribution < -0.4 is 0 Å². The number of rotatable bonds is 13. The predicted octanol–water partition coefficient (Wildman–Crippen LogP) is 6.24. The second-order valence-corrected chi connectivity index (χ2v) is 8.69. The third-order valence-corrected chi connectivity index (χ3v) is 6.80. The van der Waals surface area contributed by atoms with Crippen molar-refractivity contribution in [3.05, 3.63) is 48.0 Å². The van der Waals surface area contributed by atoms with Crippen molar-refractivity contribution in [3.63, 3.8) is 0 Å². The molecule has 2 aliphatic carbocycles. The summed E-state index contributed by atoms with van der Waals surface area (Å²) in [6.07, 6.45) is 15.8. The summed E-state index contributed by atoms with van der Waals surface area (Å²) in [4.78, 5) is 10.6. The molecule has 1 aromatic carbocycles. The molecule has 0 spiro atoms. The van der Waals surface area contributed by atoms with E-state index in [0.29, 0.717) is 0 Å². The number of carbonyl (C=O) groups is 1. The highest BCUT2D eigenvalue weighted by Gasteiger charge is 2.45. The molecule has 0 amide bonds. The van der Waals surface area contributed by atoms with Crippen LogP contribution in [0, 0.1) is 23.7 Å². The van der Waals surface area contributed by atoms with Crippen LogP contribution in [-0.4, -0.2) is 17.7 Å². The van der Waals surface area contributed by atoms with E-state index in [1.165, 1.54) is 50.5 Å². The van der Waals surface area contributed by atoms with Crippen LogP contribution in [0.4, 0.5) is 0 Å². The zero-order valence-corrected chi connectivity index (χ0v) is 17.1. The molecule has 2 bridgehead atoms. The molecule has 0 unspecified atom stereocenters. The van der Waals surface area contributed by atoms with Gasteiger partial charge in [-0.3, -0.25) is 4.79 Å². The van der Waals surface area contributed by atoms with Crippen molar-refractivity contribution in [2.24, 2.45) is 23.7 Å². The van der Waals surface area contributed by atoms with Crippen LogP contribution in [0.1, 0.15) is 69.8 Å². The molecule has 3 nitrogen and oxygen atoms in total. The maximum Gasteiger partial charge on any atom is 0.303 e. The van der Waals surface area contributed by atoms with Crippen LogP contribution in [0.5, 0.6) is 0 Å². The van der Waals surface area contributed by atoms with Crippen LogP contribution in [0.15, 0.2) is 42.5 Å². The van der Waals surface area contributed by atoms with Gasteiger partial charge in [0.05, 0.1) is 6.61 Å². The van der Waals surface area contributed by atoms with Gasteiger partial charge in [-0.25, -0.2) is 0 Å². The van der Waals surface area contributed by atoms with E-state index in [-0.39, 0.29) is 6.42 Å². The standard InChI is InChI=1S/C25H36O3/c26-25(27)14-7-2-1-6-12-23-21-15-16-22(18-21)24(23)13-8-9-17-28-19-20-10-4-3-5-11-20/h1,3-6,10-11,21-24H,2,7-9,12-19H2,(H,26,27)/b6-1-/t21-,22+,23-,24+/m0/s1. The summed E-state index contributed by atoms with van der Waals surface area (Å²) >= 11 is 0. The van der Waals surface area contributed by atoms with E-state index in [0.717, 1.165) is 49.7 Å². The van der Waals surface area contributed by atoms with Crippen molar-refractivity contribution in [2.75, 3.05) is 6.61 Å². The zero-order valence-electron chi connectivity index (χ0n) is 17.1. The number of aliphatic carboxylic acids is 1. The largest absolute Gasteiger partial charge is 0.481 e. The summed E-state index contributed by atoms with van der Waals surface area (Å²) in [5.41, 5.74) is 1.26. The Morgan fingerprint density at radius 3 is 2.61 bits per heavy atom. The molecule has 0 saturated heterocycles. The van der Waals surface area contributed by atoms with E-state index in [1.54, 1.807) is 0 Å². The molecular weight excluding hydrogens is 348 g/mol. The van der Waals surface area contributed by atoms with E-state index in [4.69, 9.17) is 9.84 Å². The van der Waals surface area contributed by atoms with Gasteiger partial charge in [0, 0.05) is 13.0 Å². The van der Waals surface area contributed by atoms with Gasteiger partial charge in [0.25, 0.3) is 0 Å². The molecule has 0 heterocycles. The highest BCUT2D eigenvalue weighted by atomic mass is 16.5. The Kier molecular flexibility index (Phi) is 8.60. The number of hydrogen-bond donors (Lipinski definition) is 1. The first-order chi connectivity index (χ1) is 13.7. The lowest BCUT2D eigenvalue weighted by Gasteiger charge is -2.30. The minimum Gasteiger partial charge on any atom is -0.481 e. The van der Waals surface area contributed by atoms with Crippen LogP contribution in [0.2, 0.25) is 0 Å². The predicted molar refractivity (Wildman–Crippen MR) is 113 cm³/mol. The van der Waals surface area contributed by atoms with Crippen molar-refractivity contribution in [3.8, 4) is 0 Å². The molecule has 0 aromatic heterocycles. The summed E-state index contributed by atoms with van der Waals surface area (Å²) in [6, 6.07) is 10.4. The quantitative estimate of drug-likeness (QED) is 0.323. The average Bonchev–Trinajstić information content (AvgIpc) is 3.30. The van der Waals surface area contributed by atoms with Crippen molar-refractivity contribution < 1.29 is 14.6 Å². The summed E-state index contributed by atoms with van der Waals surface area (Å²) in [5.74, 6) is 2.97. The van der Waals surface area contributed by atoms with Crippen molar-refractivity contribution >= 4 is 5.97 Å². The molecule has 2 aliphatic rings. The van der Waals surface area contributed by atoms with E-state index in [1.807, 2.05) is 6.07 Å². The first-order valence-electron chi connectivity index (χ1n) is 11.2. The molecule has 4 atom stereocenters. The molecule has 28 heavy (non-hydrogen) atoms. The number of benzene rings is 1. The highest BCUT2D eigenvalue weighted by Crippen LogP contribution is 2.55. The lowest BCUT2D eigenvalue weighted by molar-refractivity contribution is -0.137. The average molecular weight is 385 g/mol. The van der Waals surface area contributed by atoms with E-state index in [9.17, 15) is 4.79 Å². The lowest BCUT2D eigenvalue weighted by atomic mass is 9.75. The molecule has 0 radical (unpaired) electrons. The van der Waals surface area contributed by atoms with Crippen molar-refractivity contribution in [1.29, 1.82) is 0 Å². The fraction of sp³-hybridized carbons (Fsp3) is 0.640. The topological polar surface area (TPSA) is 46.5 Å². The maximum atomic E-state index is 10.6. The fourth-order valence-electron chi connectivity index (χ4n) is 5.44. The lowest BCUT2D eigenvalue weighted by Crippen LogP contribution is -2.22. The van der Waals surface area contributed by atoms with Crippen molar-refractivity contribution in [1.82, 2.24) is 0 Å². The van der Waals surface area contributed by atoms with Crippen LogP contribution in [0.3, 0.4) is 0 Å². The molecule has 1 aromatic rings. The van der Waals surface area contributed by atoms with Crippen LogP contribution >= 0.6 is 0 Å². The van der Waals surface area contributed by atoms with Gasteiger partial charge in [0.15, 0.2) is 0 Å². The molecular formula is C25H36O3. The third-order valence-electron chi connectivity index (χ3n) is 6.80. The Bertz CT molecular complexity index is 609. The summed E-state index contributed by atoms with van der Waals surface area (Å²) in [7, 11) is 0. The van der Waals surface area contributed by atoms with Gasteiger partial charge in [-0.15, -0.1) is 0 Å². The summed E-state index contributed by atoms with van der Waals surface area (Å²) < 4.78 is 5.84. The van der Waals surface area contributed by atoms with Crippen LogP contribution in [0.25, 0.3) is 0 Å². The number of ether oxygens (including phenoxy) is 1. The molecule has 2 fully saturated rings. The molecule has 1 N–H and O–H groups in total. The second-order valence-electron chi connectivity index (χ2n) is 8.69. The molecule has 3 heteroatoms. The summed E-state index contributed by atoms with van der Waals surface area (Å²) in [6.45, 7) is 1.59. The first-order valence-corrected chi connectivity index (χ1v) is 11.2.